The lowest BCUT2D eigenvalue weighted by Gasteiger charge is -2.14. The quantitative estimate of drug-likeness (QED) is 0.288. The molecule has 33 heavy (non-hydrogen) atoms. The fourth-order valence-corrected chi connectivity index (χ4v) is 3.59. The van der Waals surface area contributed by atoms with E-state index in [1.165, 1.54) is 0 Å². The summed E-state index contributed by atoms with van der Waals surface area (Å²) in [5.41, 5.74) is 4.42. The van der Waals surface area contributed by atoms with Gasteiger partial charge in [-0.05, 0) is 60.5 Å². The molecule has 162 valence electrons. The van der Waals surface area contributed by atoms with Crippen LogP contribution in [-0.2, 0) is 13.0 Å². The zero-order chi connectivity index (χ0) is 22.5. The summed E-state index contributed by atoms with van der Waals surface area (Å²) < 4.78 is 12.4. The second-order valence-corrected chi connectivity index (χ2v) is 7.58. The van der Waals surface area contributed by atoms with Gasteiger partial charge in [0.05, 0.1) is 11.2 Å². The van der Waals surface area contributed by atoms with E-state index in [0.29, 0.717) is 18.1 Å². The number of aromatic nitrogens is 3. The molecule has 2 aromatic carbocycles. The Morgan fingerprint density at radius 2 is 1.64 bits per heavy atom. The standard InChI is InChI=1S/C28H23N3O2/c1-2-21-11-14-27(28(31-21)25-10-6-7-16-29-25)33-26-15-17-30-24-13-12-22(18-23(24)26)32-19-20-8-4-3-5-9-20/h3-18H,2,19H2,1H3. The van der Waals surface area contributed by atoms with Crippen molar-refractivity contribution >= 4 is 10.9 Å². The molecule has 3 heterocycles. The Morgan fingerprint density at radius 1 is 0.758 bits per heavy atom. The van der Waals surface area contributed by atoms with Gasteiger partial charge in [0, 0.05) is 23.5 Å². The second kappa shape index (κ2) is 9.49. The van der Waals surface area contributed by atoms with E-state index in [0.717, 1.165) is 45.7 Å². The molecule has 0 N–H and O–H groups in total. The lowest BCUT2D eigenvalue weighted by molar-refractivity contribution is 0.306. The molecule has 0 atom stereocenters. The summed E-state index contributed by atoms with van der Waals surface area (Å²) in [4.78, 5) is 13.8. The maximum atomic E-state index is 6.40. The number of ether oxygens (including phenoxy) is 2. The van der Waals surface area contributed by atoms with Gasteiger partial charge >= 0.3 is 0 Å². The Bertz CT molecular complexity index is 1370. The number of hydrogen-bond donors (Lipinski definition) is 0. The summed E-state index contributed by atoms with van der Waals surface area (Å²) in [7, 11) is 0. The number of hydrogen-bond acceptors (Lipinski definition) is 5. The van der Waals surface area contributed by atoms with Gasteiger partial charge in [0.25, 0.3) is 0 Å². The van der Waals surface area contributed by atoms with Crippen molar-refractivity contribution in [2.75, 3.05) is 0 Å². The molecule has 3 aromatic heterocycles. The Hall–Kier alpha value is -4.25. The van der Waals surface area contributed by atoms with E-state index in [9.17, 15) is 0 Å². The highest BCUT2D eigenvalue weighted by atomic mass is 16.5. The third-order valence-electron chi connectivity index (χ3n) is 5.33. The van der Waals surface area contributed by atoms with Crippen molar-refractivity contribution in [3.05, 3.63) is 109 Å². The molecule has 0 amide bonds. The van der Waals surface area contributed by atoms with Crippen LogP contribution in [-0.4, -0.2) is 15.0 Å². The second-order valence-electron chi connectivity index (χ2n) is 7.58. The summed E-state index contributed by atoms with van der Waals surface area (Å²) >= 11 is 0. The van der Waals surface area contributed by atoms with Crippen LogP contribution in [0.1, 0.15) is 18.2 Å². The van der Waals surface area contributed by atoms with Crippen LogP contribution < -0.4 is 9.47 Å². The van der Waals surface area contributed by atoms with Gasteiger partial charge in [-0.3, -0.25) is 9.97 Å². The van der Waals surface area contributed by atoms with Gasteiger partial charge < -0.3 is 9.47 Å². The van der Waals surface area contributed by atoms with Crippen molar-refractivity contribution in [3.8, 4) is 28.6 Å². The Kier molecular flexibility index (Phi) is 5.93. The van der Waals surface area contributed by atoms with E-state index in [1.807, 2.05) is 84.9 Å². The molecule has 5 rings (SSSR count). The van der Waals surface area contributed by atoms with Crippen LogP contribution in [0.5, 0.6) is 17.2 Å². The highest BCUT2D eigenvalue weighted by molar-refractivity contribution is 5.86. The van der Waals surface area contributed by atoms with E-state index in [1.54, 1.807) is 12.4 Å². The molecule has 0 aliphatic rings. The van der Waals surface area contributed by atoms with Crippen LogP contribution in [0, 0.1) is 0 Å². The van der Waals surface area contributed by atoms with Crippen molar-refractivity contribution in [2.45, 2.75) is 20.0 Å². The summed E-state index contributed by atoms with van der Waals surface area (Å²) in [6, 6.07) is 27.5. The maximum absolute atomic E-state index is 6.40. The lowest BCUT2D eigenvalue weighted by atomic mass is 10.1. The molecular formula is C28H23N3O2. The smallest absolute Gasteiger partial charge is 0.155 e. The summed E-state index contributed by atoms with van der Waals surface area (Å²) in [6.45, 7) is 2.58. The molecule has 0 bridgehead atoms. The van der Waals surface area contributed by atoms with Crippen molar-refractivity contribution in [2.24, 2.45) is 0 Å². The van der Waals surface area contributed by atoms with Gasteiger partial charge in [-0.2, -0.15) is 0 Å². The summed E-state index contributed by atoms with van der Waals surface area (Å²) in [5, 5.41) is 0.870. The van der Waals surface area contributed by atoms with E-state index < -0.39 is 0 Å². The predicted molar refractivity (Wildman–Crippen MR) is 129 cm³/mol. The maximum Gasteiger partial charge on any atom is 0.155 e. The average molecular weight is 434 g/mol. The molecule has 0 radical (unpaired) electrons. The fraction of sp³-hybridized carbons (Fsp3) is 0.107. The first-order chi connectivity index (χ1) is 16.3. The van der Waals surface area contributed by atoms with Crippen LogP contribution in [0.3, 0.4) is 0 Å². The SMILES string of the molecule is CCc1ccc(Oc2ccnc3ccc(OCc4ccccc4)cc23)c(-c2ccccn2)n1. The number of rotatable bonds is 7. The van der Waals surface area contributed by atoms with Crippen molar-refractivity contribution in [3.63, 3.8) is 0 Å². The highest BCUT2D eigenvalue weighted by Gasteiger charge is 2.14. The summed E-state index contributed by atoms with van der Waals surface area (Å²) in [6.07, 6.45) is 4.34. The molecule has 0 unspecified atom stereocenters. The lowest BCUT2D eigenvalue weighted by Crippen LogP contribution is -1.98. The van der Waals surface area contributed by atoms with Crippen LogP contribution >= 0.6 is 0 Å². The summed E-state index contributed by atoms with van der Waals surface area (Å²) in [5.74, 6) is 2.09. The topological polar surface area (TPSA) is 57.1 Å². The van der Waals surface area contributed by atoms with E-state index >= 15 is 0 Å². The largest absolute Gasteiger partial charge is 0.489 e. The van der Waals surface area contributed by atoms with Gasteiger partial charge in [-0.1, -0.05) is 43.3 Å². The van der Waals surface area contributed by atoms with Gasteiger partial charge in [-0.25, -0.2) is 4.98 Å². The van der Waals surface area contributed by atoms with Crippen LogP contribution in [0.15, 0.2) is 97.3 Å². The molecule has 0 aliphatic heterocycles. The normalized spacial score (nSPS) is 10.8. The molecule has 5 aromatic rings. The first-order valence-electron chi connectivity index (χ1n) is 10.9. The molecule has 0 fully saturated rings. The minimum atomic E-state index is 0.495. The Morgan fingerprint density at radius 3 is 2.45 bits per heavy atom. The zero-order valence-corrected chi connectivity index (χ0v) is 18.3. The van der Waals surface area contributed by atoms with Crippen LogP contribution in [0.25, 0.3) is 22.3 Å². The van der Waals surface area contributed by atoms with Crippen molar-refractivity contribution in [1.29, 1.82) is 0 Å². The van der Waals surface area contributed by atoms with Gasteiger partial charge in [0.15, 0.2) is 5.75 Å². The average Bonchev–Trinajstić information content (AvgIpc) is 2.89. The van der Waals surface area contributed by atoms with E-state index in [-0.39, 0.29) is 0 Å². The van der Waals surface area contributed by atoms with E-state index in [4.69, 9.17) is 14.5 Å². The third-order valence-corrected chi connectivity index (χ3v) is 5.33. The zero-order valence-electron chi connectivity index (χ0n) is 18.3. The minimum absolute atomic E-state index is 0.495. The van der Waals surface area contributed by atoms with E-state index in [2.05, 4.69) is 16.9 Å². The van der Waals surface area contributed by atoms with Crippen molar-refractivity contribution in [1.82, 2.24) is 15.0 Å². The number of aryl methyl sites for hydroxylation is 1. The Balaban J connectivity index is 1.49. The minimum Gasteiger partial charge on any atom is -0.489 e. The Labute approximate surface area is 192 Å². The first kappa shape index (κ1) is 20.6. The number of fused-ring (bicyclic) bond motifs is 1. The molecule has 0 aliphatic carbocycles. The van der Waals surface area contributed by atoms with Gasteiger partial charge in [0.1, 0.15) is 23.8 Å². The van der Waals surface area contributed by atoms with Gasteiger partial charge in [0.2, 0.25) is 0 Å². The molecule has 0 spiro atoms. The molecule has 0 saturated heterocycles. The number of benzene rings is 2. The molecule has 5 nitrogen and oxygen atoms in total. The number of pyridine rings is 3. The molecular weight excluding hydrogens is 410 g/mol. The third kappa shape index (κ3) is 4.67. The van der Waals surface area contributed by atoms with Gasteiger partial charge in [-0.15, -0.1) is 0 Å². The number of nitrogens with zero attached hydrogens (tertiary/aromatic N) is 3. The molecule has 5 heteroatoms. The van der Waals surface area contributed by atoms with Crippen LogP contribution in [0.2, 0.25) is 0 Å². The monoisotopic (exact) mass is 433 g/mol. The predicted octanol–water partition coefficient (Wildman–Crippen LogP) is 6.63. The fourth-order valence-electron chi connectivity index (χ4n) is 3.59. The van der Waals surface area contributed by atoms with Crippen molar-refractivity contribution < 1.29 is 9.47 Å². The first-order valence-corrected chi connectivity index (χ1v) is 10.9. The van der Waals surface area contributed by atoms with Crippen LogP contribution in [0.4, 0.5) is 0 Å². The molecule has 0 saturated carbocycles. The highest BCUT2D eigenvalue weighted by Crippen LogP contribution is 2.35.